The molecule has 0 saturated carbocycles. The molecular formula is C19H19FN4O2. The van der Waals surface area contributed by atoms with Gasteiger partial charge in [-0.3, -0.25) is 4.90 Å². The molecule has 0 amide bonds. The first-order valence-electron chi connectivity index (χ1n) is 8.56. The van der Waals surface area contributed by atoms with Crippen molar-refractivity contribution in [3.63, 3.8) is 0 Å². The maximum atomic E-state index is 14.0. The Morgan fingerprint density at radius 2 is 2.15 bits per heavy atom. The Balaban J connectivity index is 1.53. The van der Waals surface area contributed by atoms with E-state index in [0.717, 1.165) is 24.9 Å². The molecule has 1 aliphatic rings. The zero-order valence-corrected chi connectivity index (χ0v) is 14.4. The normalized spacial score (nSPS) is 17.5. The lowest BCUT2D eigenvalue weighted by molar-refractivity contribution is 0.199. The van der Waals surface area contributed by atoms with E-state index >= 15 is 0 Å². The number of hydrogen-bond acceptors (Lipinski definition) is 6. The summed E-state index contributed by atoms with van der Waals surface area (Å²) in [7, 11) is 1.57. The molecular weight excluding hydrogens is 335 g/mol. The van der Waals surface area contributed by atoms with Gasteiger partial charge in [-0.05, 0) is 31.5 Å². The van der Waals surface area contributed by atoms with Gasteiger partial charge in [0.1, 0.15) is 5.82 Å². The smallest absolute Gasteiger partial charge is 0.244 e. The number of benzene rings is 1. The van der Waals surface area contributed by atoms with Crippen molar-refractivity contribution in [2.24, 2.45) is 0 Å². The minimum Gasteiger partial charge on any atom is -0.481 e. The third kappa shape index (κ3) is 3.30. The second-order valence-electron chi connectivity index (χ2n) is 6.27. The number of halogens is 1. The summed E-state index contributed by atoms with van der Waals surface area (Å²) >= 11 is 0. The standard InChI is InChI=1S/C19H19FN4O2/c1-25-17-9-8-13(11-21-17)18-22-19(26-23-18)16-7-4-10-24(16)12-14-5-2-3-6-15(14)20/h2-3,5-6,8-9,11,16H,4,7,10,12H2,1H3. The summed E-state index contributed by atoms with van der Waals surface area (Å²) in [5.74, 6) is 1.40. The second-order valence-corrected chi connectivity index (χ2v) is 6.27. The predicted octanol–water partition coefficient (Wildman–Crippen LogP) is 3.62. The van der Waals surface area contributed by atoms with Crippen LogP contribution in [-0.2, 0) is 6.54 Å². The molecule has 4 rings (SSSR count). The summed E-state index contributed by atoms with van der Waals surface area (Å²) in [6.45, 7) is 1.40. The number of rotatable bonds is 5. The van der Waals surface area contributed by atoms with Gasteiger partial charge in [-0.25, -0.2) is 9.37 Å². The van der Waals surface area contributed by atoms with E-state index in [4.69, 9.17) is 9.26 Å². The predicted molar refractivity (Wildman–Crippen MR) is 92.9 cm³/mol. The summed E-state index contributed by atoms with van der Waals surface area (Å²) < 4.78 is 24.5. The molecule has 3 aromatic rings. The fourth-order valence-electron chi connectivity index (χ4n) is 3.26. The molecule has 3 heterocycles. The number of likely N-dealkylation sites (tertiary alicyclic amines) is 1. The van der Waals surface area contributed by atoms with Gasteiger partial charge in [0, 0.05) is 29.9 Å². The molecule has 6 nitrogen and oxygen atoms in total. The molecule has 1 saturated heterocycles. The van der Waals surface area contributed by atoms with E-state index in [1.165, 1.54) is 6.07 Å². The topological polar surface area (TPSA) is 64.3 Å². The van der Waals surface area contributed by atoms with E-state index in [1.807, 2.05) is 18.2 Å². The summed E-state index contributed by atoms with van der Waals surface area (Å²) in [6.07, 6.45) is 3.58. The highest BCUT2D eigenvalue weighted by molar-refractivity contribution is 5.53. The van der Waals surface area contributed by atoms with Gasteiger partial charge in [-0.1, -0.05) is 23.4 Å². The van der Waals surface area contributed by atoms with E-state index in [0.29, 0.717) is 29.7 Å². The van der Waals surface area contributed by atoms with Crippen LogP contribution in [0.4, 0.5) is 4.39 Å². The highest BCUT2D eigenvalue weighted by atomic mass is 19.1. The van der Waals surface area contributed by atoms with Crippen molar-refractivity contribution in [1.29, 1.82) is 0 Å². The fraction of sp³-hybridized carbons (Fsp3) is 0.316. The lowest BCUT2D eigenvalue weighted by Gasteiger charge is -2.21. The van der Waals surface area contributed by atoms with Gasteiger partial charge < -0.3 is 9.26 Å². The van der Waals surface area contributed by atoms with Crippen molar-refractivity contribution in [3.05, 3.63) is 59.9 Å². The first-order chi connectivity index (χ1) is 12.7. The minimum atomic E-state index is -0.186. The van der Waals surface area contributed by atoms with Crippen molar-refractivity contribution < 1.29 is 13.7 Å². The van der Waals surface area contributed by atoms with Crippen LogP contribution in [0, 0.1) is 5.82 Å². The number of aromatic nitrogens is 3. The SMILES string of the molecule is COc1ccc(-c2noc(C3CCCN3Cc3ccccc3F)n2)cn1. The summed E-state index contributed by atoms with van der Waals surface area (Å²) in [5.41, 5.74) is 1.44. The van der Waals surface area contributed by atoms with Gasteiger partial charge in [0.25, 0.3) is 0 Å². The first-order valence-corrected chi connectivity index (χ1v) is 8.56. The van der Waals surface area contributed by atoms with Crippen molar-refractivity contribution in [1.82, 2.24) is 20.0 Å². The number of methoxy groups -OCH3 is 1. The van der Waals surface area contributed by atoms with E-state index in [1.54, 1.807) is 25.4 Å². The Labute approximate surface area is 150 Å². The van der Waals surface area contributed by atoms with Crippen LogP contribution in [0.3, 0.4) is 0 Å². The van der Waals surface area contributed by atoms with Gasteiger partial charge in [0.05, 0.1) is 13.2 Å². The van der Waals surface area contributed by atoms with Crippen LogP contribution >= 0.6 is 0 Å². The number of pyridine rings is 1. The van der Waals surface area contributed by atoms with E-state index in [-0.39, 0.29) is 11.9 Å². The van der Waals surface area contributed by atoms with Gasteiger partial charge in [0.2, 0.25) is 17.6 Å². The average Bonchev–Trinajstić information content (AvgIpc) is 3.33. The van der Waals surface area contributed by atoms with Crippen LogP contribution in [0.1, 0.15) is 30.3 Å². The second kappa shape index (κ2) is 7.21. The van der Waals surface area contributed by atoms with Crippen molar-refractivity contribution in [2.45, 2.75) is 25.4 Å². The molecule has 1 atom stereocenters. The fourth-order valence-corrected chi connectivity index (χ4v) is 3.26. The lowest BCUT2D eigenvalue weighted by Crippen LogP contribution is -2.23. The Bertz CT molecular complexity index is 881. The zero-order chi connectivity index (χ0) is 17.9. The Morgan fingerprint density at radius 3 is 2.92 bits per heavy atom. The van der Waals surface area contributed by atoms with Crippen LogP contribution in [0.5, 0.6) is 5.88 Å². The molecule has 0 N–H and O–H groups in total. The quantitative estimate of drug-likeness (QED) is 0.697. The molecule has 1 unspecified atom stereocenters. The van der Waals surface area contributed by atoms with Gasteiger partial charge >= 0.3 is 0 Å². The third-order valence-corrected chi connectivity index (χ3v) is 4.63. The van der Waals surface area contributed by atoms with Gasteiger partial charge in [0.15, 0.2) is 0 Å². The molecule has 0 bridgehead atoms. The average molecular weight is 354 g/mol. The Hall–Kier alpha value is -2.80. The van der Waals surface area contributed by atoms with Crippen LogP contribution in [0.15, 0.2) is 47.1 Å². The van der Waals surface area contributed by atoms with Crippen LogP contribution in [0.2, 0.25) is 0 Å². The van der Waals surface area contributed by atoms with Gasteiger partial charge in [-0.2, -0.15) is 4.98 Å². The highest BCUT2D eigenvalue weighted by Gasteiger charge is 2.31. The van der Waals surface area contributed by atoms with Crippen LogP contribution < -0.4 is 4.74 Å². The maximum absolute atomic E-state index is 14.0. The number of ether oxygens (including phenoxy) is 1. The first kappa shape index (κ1) is 16.7. The van der Waals surface area contributed by atoms with Crippen molar-refractivity contribution in [2.75, 3.05) is 13.7 Å². The molecule has 1 aromatic carbocycles. The molecule has 7 heteroatoms. The van der Waals surface area contributed by atoms with Gasteiger partial charge in [-0.15, -0.1) is 0 Å². The Kier molecular flexibility index (Phi) is 4.62. The maximum Gasteiger partial charge on any atom is 0.244 e. The van der Waals surface area contributed by atoms with Crippen molar-refractivity contribution in [3.8, 4) is 17.3 Å². The van der Waals surface area contributed by atoms with E-state index in [2.05, 4.69) is 20.0 Å². The van der Waals surface area contributed by atoms with Crippen LogP contribution in [0.25, 0.3) is 11.4 Å². The third-order valence-electron chi connectivity index (χ3n) is 4.63. The largest absolute Gasteiger partial charge is 0.481 e. The zero-order valence-electron chi connectivity index (χ0n) is 14.4. The van der Waals surface area contributed by atoms with Crippen LogP contribution in [-0.4, -0.2) is 33.7 Å². The molecule has 0 aliphatic carbocycles. The minimum absolute atomic E-state index is 0.00191. The molecule has 134 valence electrons. The van der Waals surface area contributed by atoms with E-state index < -0.39 is 0 Å². The number of nitrogens with zero attached hydrogens (tertiary/aromatic N) is 4. The molecule has 1 aliphatic heterocycles. The Morgan fingerprint density at radius 1 is 1.27 bits per heavy atom. The summed E-state index contributed by atoms with van der Waals surface area (Å²) in [4.78, 5) is 10.9. The molecule has 2 aromatic heterocycles. The monoisotopic (exact) mass is 354 g/mol. The summed E-state index contributed by atoms with van der Waals surface area (Å²) in [6, 6.07) is 10.5. The summed E-state index contributed by atoms with van der Waals surface area (Å²) in [5, 5.41) is 4.08. The molecule has 1 fully saturated rings. The molecule has 26 heavy (non-hydrogen) atoms. The molecule has 0 radical (unpaired) electrons. The molecule has 0 spiro atoms. The number of hydrogen-bond donors (Lipinski definition) is 0. The van der Waals surface area contributed by atoms with Crippen molar-refractivity contribution >= 4 is 0 Å². The lowest BCUT2D eigenvalue weighted by atomic mass is 10.1. The van der Waals surface area contributed by atoms with E-state index in [9.17, 15) is 4.39 Å². The highest BCUT2D eigenvalue weighted by Crippen LogP contribution is 2.33.